The number of fused-ring (bicyclic) bond motifs is 1. The van der Waals surface area contributed by atoms with Gasteiger partial charge in [-0.1, -0.05) is 39.8 Å². The summed E-state index contributed by atoms with van der Waals surface area (Å²) in [6.45, 7) is 11.7. The lowest BCUT2D eigenvalue weighted by atomic mass is 9.68. The Balaban J connectivity index is 2.61. The van der Waals surface area contributed by atoms with Crippen LogP contribution < -0.4 is 0 Å². The molecule has 1 unspecified atom stereocenters. The molecule has 0 spiro atoms. The molecule has 0 heterocycles. The maximum Gasteiger partial charge on any atom is -0.0100 e. The van der Waals surface area contributed by atoms with Crippen LogP contribution in [0.4, 0.5) is 0 Å². The first-order chi connectivity index (χ1) is 7.45. The summed E-state index contributed by atoms with van der Waals surface area (Å²) in [7, 11) is 0. The molecular formula is C16H24. The van der Waals surface area contributed by atoms with Gasteiger partial charge >= 0.3 is 0 Å². The normalized spacial score (nSPS) is 22.9. The van der Waals surface area contributed by atoms with Gasteiger partial charge in [-0.25, -0.2) is 0 Å². The number of rotatable bonds is 1. The van der Waals surface area contributed by atoms with Crippen LogP contribution in [0.1, 0.15) is 68.7 Å². The van der Waals surface area contributed by atoms with Crippen molar-refractivity contribution in [1.82, 2.24) is 0 Å². The summed E-state index contributed by atoms with van der Waals surface area (Å²) in [5.41, 5.74) is 6.59. The first-order valence-electron chi connectivity index (χ1n) is 6.59. The fraction of sp³-hybridized carbons (Fsp3) is 0.625. The highest BCUT2D eigenvalue weighted by molar-refractivity contribution is 5.44. The molecule has 1 aromatic carbocycles. The maximum atomic E-state index is 2.47. The summed E-state index contributed by atoms with van der Waals surface area (Å²) in [5, 5.41) is 0. The first-order valence-corrected chi connectivity index (χ1v) is 6.59. The Labute approximate surface area is 100 Å². The van der Waals surface area contributed by atoms with Gasteiger partial charge in [0.15, 0.2) is 0 Å². The van der Waals surface area contributed by atoms with Crippen LogP contribution in [-0.4, -0.2) is 0 Å². The Morgan fingerprint density at radius 3 is 2.62 bits per heavy atom. The quantitative estimate of drug-likeness (QED) is 0.636. The first kappa shape index (κ1) is 11.7. The van der Waals surface area contributed by atoms with Crippen molar-refractivity contribution in [3.8, 4) is 0 Å². The molecule has 0 saturated heterocycles. The van der Waals surface area contributed by atoms with Gasteiger partial charge in [0.25, 0.3) is 0 Å². The van der Waals surface area contributed by atoms with E-state index in [0.717, 1.165) is 12.3 Å². The van der Waals surface area contributed by atoms with Crippen LogP contribution >= 0.6 is 0 Å². The van der Waals surface area contributed by atoms with Gasteiger partial charge in [-0.15, -0.1) is 0 Å². The zero-order valence-electron chi connectivity index (χ0n) is 11.4. The van der Waals surface area contributed by atoms with E-state index < -0.39 is 0 Å². The second-order valence-electron chi connectivity index (χ2n) is 6.04. The number of hydrogen-bond donors (Lipinski definition) is 0. The van der Waals surface area contributed by atoms with Crippen LogP contribution in [0.3, 0.4) is 0 Å². The molecule has 1 aliphatic rings. The van der Waals surface area contributed by atoms with E-state index >= 15 is 0 Å². The summed E-state index contributed by atoms with van der Waals surface area (Å²) < 4.78 is 0. The SMILES string of the molecule is CCc1cc2c(cc1C)C(C)CCC2(C)C. The molecule has 0 heteroatoms. The van der Waals surface area contributed by atoms with Crippen molar-refractivity contribution in [3.63, 3.8) is 0 Å². The Morgan fingerprint density at radius 1 is 1.31 bits per heavy atom. The van der Waals surface area contributed by atoms with Gasteiger partial charge in [-0.3, -0.25) is 0 Å². The number of benzene rings is 1. The highest BCUT2D eigenvalue weighted by atomic mass is 14.4. The van der Waals surface area contributed by atoms with Crippen LogP contribution in [0.2, 0.25) is 0 Å². The van der Waals surface area contributed by atoms with E-state index in [1.165, 1.54) is 24.0 Å². The van der Waals surface area contributed by atoms with Gasteiger partial charge < -0.3 is 0 Å². The van der Waals surface area contributed by atoms with Crippen molar-refractivity contribution in [1.29, 1.82) is 0 Å². The molecule has 0 amide bonds. The third-order valence-electron chi connectivity index (χ3n) is 4.35. The lowest BCUT2D eigenvalue weighted by Crippen LogP contribution is -2.26. The third kappa shape index (κ3) is 1.79. The molecule has 0 bridgehead atoms. The minimum Gasteiger partial charge on any atom is -0.0613 e. The minimum atomic E-state index is 0.374. The smallest absolute Gasteiger partial charge is 0.0100 e. The van der Waals surface area contributed by atoms with Crippen LogP contribution in [0.25, 0.3) is 0 Å². The van der Waals surface area contributed by atoms with E-state index in [1.54, 1.807) is 11.1 Å². The zero-order chi connectivity index (χ0) is 11.9. The Morgan fingerprint density at radius 2 is 2.00 bits per heavy atom. The molecule has 0 N–H and O–H groups in total. The lowest BCUT2D eigenvalue weighted by Gasteiger charge is -2.36. The van der Waals surface area contributed by atoms with E-state index in [0.29, 0.717) is 5.41 Å². The standard InChI is InChI=1S/C16H24/c1-6-13-10-15-14(9-12(13)3)11(2)7-8-16(15,4)5/h9-11H,6-8H2,1-5H3. The van der Waals surface area contributed by atoms with Gasteiger partial charge in [0.05, 0.1) is 0 Å². The van der Waals surface area contributed by atoms with Crippen molar-refractivity contribution in [2.24, 2.45) is 0 Å². The lowest BCUT2D eigenvalue weighted by molar-refractivity contribution is 0.402. The molecule has 0 radical (unpaired) electrons. The fourth-order valence-electron chi connectivity index (χ4n) is 3.02. The minimum absolute atomic E-state index is 0.374. The highest BCUT2D eigenvalue weighted by Gasteiger charge is 2.31. The largest absolute Gasteiger partial charge is 0.0613 e. The average molecular weight is 216 g/mol. The molecule has 0 nitrogen and oxygen atoms in total. The van der Waals surface area contributed by atoms with Gasteiger partial charge in [-0.2, -0.15) is 0 Å². The Kier molecular flexibility index (Phi) is 2.86. The van der Waals surface area contributed by atoms with E-state index in [-0.39, 0.29) is 0 Å². The summed E-state index contributed by atoms with van der Waals surface area (Å²) in [5.74, 6) is 0.743. The number of aryl methyl sites for hydroxylation is 2. The van der Waals surface area contributed by atoms with Gasteiger partial charge in [0.2, 0.25) is 0 Å². The van der Waals surface area contributed by atoms with E-state index in [1.807, 2.05) is 0 Å². The van der Waals surface area contributed by atoms with Crippen molar-refractivity contribution >= 4 is 0 Å². The summed E-state index contributed by atoms with van der Waals surface area (Å²) >= 11 is 0. The summed E-state index contributed by atoms with van der Waals surface area (Å²) in [6, 6.07) is 4.92. The van der Waals surface area contributed by atoms with Crippen LogP contribution in [-0.2, 0) is 11.8 Å². The predicted molar refractivity (Wildman–Crippen MR) is 71.2 cm³/mol. The molecule has 0 aromatic heterocycles. The van der Waals surface area contributed by atoms with E-state index in [2.05, 4.69) is 46.8 Å². The fourth-order valence-corrected chi connectivity index (χ4v) is 3.02. The second kappa shape index (κ2) is 3.91. The second-order valence-corrected chi connectivity index (χ2v) is 6.04. The van der Waals surface area contributed by atoms with Crippen molar-refractivity contribution in [3.05, 3.63) is 34.4 Å². The number of hydrogen-bond acceptors (Lipinski definition) is 0. The molecule has 0 fully saturated rings. The molecule has 1 atom stereocenters. The van der Waals surface area contributed by atoms with Crippen LogP contribution in [0.5, 0.6) is 0 Å². The monoisotopic (exact) mass is 216 g/mol. The van der Waals surface area contributed by atoms with Crippen molar-refractivity contribution < 1.29 is 0 Å². The zero-order valence-corrected chi connectivity index (χ0v) is 11.4. The molecule has 1 aliphatic carbocycles. The van der Waals surface area contributed by atoms with Gasteiger partial charge in [0, 0.05) is 0 Å². The van der Waals surface area contributed by atoms with Crippen LogP contribution in [0, 0.1) is 6.92 Å². The maximum absolute atomic E-state index is 2.47. The topological polar surface area (TPSA) is 0 Å². The van der Waals surface area contributed by atoms with Crippen LogP contribution in [0.15, 0.2) is 12.1 Å². The van der Waals surface area contributed by atoms with Gasteiger partial charge in [-0.05, 0) is 59.8 Å². The van der Waals surface area contributed by atoms with E-state index in [9.17, 15) is 0 Å². The predicted octanol–water partition coefficient (Wildman–Crippen LogP) is 4.73. The molecule has 0 saturated carbocycles. The van der Waals surface area contributed by atoms with Crippen molar-refractivity contribution in [2.75, 3.05) is 0 Å². The Hall–Kier alpha value is -0.780. The highest BCUT2D eigenvalue weighted by Crippen LogP contribution is 2.43. The molecule has 1 aromatic rings. The third-order valence-corrected chi connectivity index (χ3v) is 4.35. The molecule has 88 valence electrons. The average Bonchev–Trinajstić information content (AvgIpc) is 2.23. The summed E-state index contributed by atoms with van der Waals surface area (Å²) in [6.07, 6.45) is 3.82. The summed E-state index contributed by atoms with van der Waals surface area (Å²) in [4.78, 5) is 0. The molecule has 0 aliphatic heterocycles. The molecule has 2 rings (SSSR count). The van der Waals surface area contributed by atoms with Crippen molar-refractivity contribution in [2.45, 2.75) is 65.2 Å². The van der Waals surface area contributed by atoms with E-state index in [4.69, 9.17) is 0 Å². The Bertz CT molecular complexity index is 399. The van der Waals surface area contributed by atoms with Gasteiger partial charge in [0.1, 0.15) is 0 Å². The molecular weight excluding hydrogens is 192 g/mol. The molecule has 16 heavy (non-hydrogen) atoms.